The molecule has 2 N–H and O–H groups in total. The molecule has 0 spiro atoms. The minimum atomic E-state index is -0.324. The van der Waals surface area contributed by atoms with E-state index in [-0.39, 0.29) is 12.1 Å². The van der Waals surface area contributed by atoms with E-state index in [9.17, 15) is 5.11 Å². The summed E-state index contributed by atoms with van der Waals surface area (Å²) in [6, 6.07) is 0.688. The van der Waals surface area contributed by atoms with Crippen molar-refractivity contribution >= 4 is 11.5 Å². The lowest BCUT2D eigenvalue weighted by atomic mass is 9.92. The average molecular weight is 316 g/mol. The predicted molar refractivity (Wildman–Crippen MR) is 93.1 cm³/mol. The molecule has 0 saturated heterocycles. The lowest BCUT2D eigenvalue weighted by molar-refractivity contribution is 0.122. The Morgan fingerprint density at radius 2 is 2.13 bits per heavy atom. The minimum Gasteiger partial charge on any atom is -0.391 e. The molecule has 126 valence electrons. The van der Waals surface area contributed by atoms with Crippen molar-refractivity contribution in [2.75, 3.05) is 11.9 Å². The Morgan fingerprint density at radius 1 is 1.35 bits per heavy atom. The van der Waals surface area contributed by atoms with Gasteiger partial charge in [0.1, 0.15) is 11.5 Å². The summed E-state index contributed by atoms with van der Waals surface area (Å²) in [5.41, 5.74) is 1.87. The van der Waals surface area contributed by atoms with Gasteiger partial charge in [-0.1, -0.05) is 19.9 Å². The Bertz CT molecular complexity index is 568. The van der Waals surface area contributed by atoms with Crippen molar-refractivity contribution in [1.82, 2.24) is 15.3 Å². The second-order valence-corrected chi connectivity index (χ2v) is 7.26. The SMILES string of the molecule is CC(C)C[C@H]1NC(c2cncc(N(C)C3CCC3)n2)=CC[C@@H]1O. The van der Waals surface area contributed by atoms with Crippen LogP contribution in [0, 0.1) is 5.92 Å². The lowest BCUT2D eigenvalue weighted by Crippen LogP contribution is -2.42. The van der Waals surface area contributed by atoms with E-state index < -0.39 is 0 Å². The molecule has 0 bridgehead atoms. The van der Waals surface area contributed by atoms with Crippen LogP contribution in [0.25, 0.3) is 5.70 Å². The van der Waals surface area contributed by atoms with Crippen molar-refractivity contribution in [2.24, 2.45) is 5.92 Å². The first-order chi connectivity index (χ1) is 11.0. The largest absolute Gasteiger partial charge is 0.391 e. The Kier molecular flexibility index (Phi) is 4.85. The van der Waals surface area contributed by atoms with Crippen molar-refractivity contribution in [3.05, 3.63) is 24.2 Å². The van der Waals surface area contributed by atoms with Gasteiger partial charge >= 0.3 is 0 Å². The molecule has 5 nitrogen and oxygen atoms in total. The maximum absolute atomic E-state index is 10.2. The highest BCUT2D eigenvalue weighted by Crippen LogP contribution is 2.28. The Hall–Kier alpha value is -1.62. The molecule has 1 aromatic heterocycles. The zero-order valence-electron chi connectivity index (χ0n) is 14.4. The van der Waals surface area contributed by atoms with E-state index in [1.165, 1.54) is 19.3 Å². The normalized spacial score (nSPS) is 24.8. The van der Waals surface area contributed by atoms with Crippen molar-refractivity contribution in [3.63, 3.8) is 0 Å². The van der Waals surface area contributed by atoms with E-state index >= 15 is 0 Å². The van der Waals surface area contributed by atoms with E-state index in [1.807, 2.05) is 12.3 Å². The molecule has 1 aliphatic carbocycles. The van der Waals surface area contributed by atoms with Gasteiger partial charge in [-0.2, -0.15) is 0 Å². The molecular weight excluding hydrogens is 288 g/mol. The fourth-order valence-corrected chi connectivity index (χ4v) is 3.28. The molecule has 1 aromatic rings. The molecule has 1 aliphatic heterocycles. The average Bonchev–Trinajstić information content (AvgIpc) is 2.47. The van der Waals surface area contributed by atoms with Gasteiger partial charge in [-0.3, -0.25) is 4.98 Å². The van der Waals surface area contributed by atoms with E-state index in [4.69, 9.17) is 4.98 Å². The van der Waals surface area contributed by atoms with Gasteiger partial charge in [0.25, 0.3) is 0 Å². The van der Waals surface area contributed by atoms with Crippen molar-refractivity contribution in [3.8, 4) is 0 Å². The third kappa shape index (κ3) is 3.66. The Morgan fingerprint density at radius 3 is 2.78 bits per heavy atom. The summed E-state index contributed by atoms with van der Waals surface area (Å²) >= 11 is 0. The van der Waals surface area contributed by atoms with Gasteiger partial charge in [0, 0.05) is 13.1 Å². The molecule has 0 radical (unpaired) electrons. The number of anilines is 1. The van der Waals surface area contributed by atoms with Gasteiger partial charge in [-0.15, -0.1) is 0 Å². The predicted octanol–water partition coefficient (Wildman–Crippen LogP) is 2.58. The van der Waals surface area contributed by atoms with E-state index in [0.29, 0.717) is 18.4 Å². The summed E-state index contributed by atoms with van der Waals surface area (Å²) < 4.78 is 0. The molecule has 1 fully saturated rings. The Labute approximate surface area is 138 Å². The molecule has 23 heavy (non-hydrogen) atoms. The van der Waals surface area contributed by atoms with Gasteiger partial charge in [0.15, 0.2) is 0 Å². The van der Waals surface area contributed by atoms with Crippen molar-refractivity contribution in [2.45, 2.75) is 64.1 Å². The number of aliphatic hydroxyl groups is 1. The van der Waals surface area contributed by atoms with E-state index in [0.717, 1.165) is 23.6 Å². The standard InChI is InChI=1S/C18H28N4O/c1-12(2)9-15-17(23)8-7-14(20-15)16-10-19-11-18(21-16)22(3)13-5-4-6-13/h7,10-13,15,17,20,23H,4-6,8-9H2,1-3H3/t15-,17+/m1/s1. The first kappa shape index (κ1) is 16.2. The highest BCUT2D eigenvalue weighted by molar-refractivity contribution is 5.63. The van der Waals surface area contributed by atoms with Gasteiger partial charge in [-0.25, -0.2) is 4.98 Å². The van der Waals surface area contributed by atoms with E-state index in [2.05, 4.69) is 36.1 Å². The quantitative estimate of drug-likeness (QED) is 0.874. The number of rotatable bonds is 5. The summed E-state index contributed by atoms with van der Waals surface area (Å²) in [4.78, 5) is 11.4. The summed E-state index contributed by atoms with van der Waals surface area (Å²) in [5.74, 6) is 1.48. The van der Waals surface area contributed by atoms with E-state index in [1.54, 1.807) is 6.20 Å². The van der Waals surface area contributed by atoms with Gasteiger partial charge in [-0.05, 0) is 38.0 Å². The van der Waals surface area contributed by atoms with Gasteiger partial charge < -0.3 is 15.3 Å². The van der Waals surface area contributed by atoms with Crippen LogP contribution in [0.4, 0.5) is 5.82 Å². The highest BCUT2D eigenvalue weighted by Gasteiger charge is 2.26. The summed E-state index contributed by atoms with van der Waals surface area (Å²) in [6.07, 6.45) is 10.8. The van der Waals surface area contributed by atoms with Crippen LogP contribution in [0.2, 0.25) is 0 Å². The molecule has 2 heterocycles. The van der Waals surface area contributed by atoms with Crippen LogP contribution in [-0.4, -0.2) is 40.3 Å². The molecule has 0 unspecified atom stereocenters. The molecule has 0 aromatic carbocycles. The summed E-state index contributed by atoms with van der Waals surface area (Å²) in [7, 11) is 2.10. The molecule has 2 aliphatic rings. The third-order valence-electron chi connectivity index (χ3n) is 4.98. The van der Waals surface area contributed by atoms with Crippen LogP contribution in [0.1, 0.15) is 51.6 Å². The maximum atomic E-state index is 10.2. The monoisotopic (exact) mass is 316 g/mol. The smallest absolute Gasteiger partial charge is 0.147 e. The third-order valence-corrected chi connectivity index (χ3v) is 4.98. The molecule has 0 amide bonds. The number of nitrogens with one attached hydrogen (secondary N) is 1. The summed E-state index contributed by atoms with van der Waals surface area (Å²) in [6.45, 7) is 4.36. The van der Waals surface area contributed by atoms with Gasteiger partial charge in [0.05, 0.1) is 30.2 Å². The maximum Gasteiger partial charge on any atom is 0.147 e. The topological polar surface area (TPSA) is 61.3 Å². The van der Waals surface area contributed by atoms with Crippen LogP contribution in [0.3, 0.4) is 0 Å². The molecule has 2 atom stereocenters. The Balaban J connectivity index is 1.75. The number of hydrogen-bond donors (Lipinski definition) is 2. The number of hydrogen-bond acceptors (Lipinski definition) is 5. The zero-order chi connectivity index (χ0) is 16.4. The zero-order valence-corrected chi connectivity index (χ0v) is 14.4. The van der Waals surface area contributed by atoms with Crippen LogP contribution in [0.15, 0.2) is 18.5 Å². The van der Waals surface area contributed by atoms with Gasteiger partial charge in [0.2, 0.25) is 0 Å². The molecule has 1 saturated carbocycles. The summed E-state index contributed by atoms with van der Waals surface area (Å²) in [5, 5.41) is 13.7. The number of aliphatic hydroxyl groups excluding tert-OH is 1. The van der Waals surface area contributed by atoms with Crippen LogP contribution < -0.4 is 10.2 Å². The number of nitrogens with zero attached hydrogens (tertiary/aromatic N) is 3. The second kappa shape index (κ2) is 6.87. The van der Waals surface area contributed by atoms with Crippen LogP contribution >= 0.6 is 0 Å². The van der Waals surface area contributed by atoms with Crippen LogP contribution in [0.5, 0.6) is 0 Å². The first-order valence-electron chi connectivity index (χ1n) is 8.74. The van der Waals surface area contributed by atoms with Crippen molar-refractivity contribution in [1.29, 1.82) is 0 Å². The number of aromatic nitrogens is 2. The minimum absolute atomic E-state index is 0.0878. The molecular formula is C18H28N4O. The fourth-order valence-electron chi connectivity index (χ4n) is 3.28. The lowest BCUT2D eigenvalue weighted by Gasteiger charge is -2.35. The second-order valence-electron chi connectivity index (χ2n) is 7.26. The van der Waals surface area contributed by atoms with Crippen LogP contribution in [-0.2, 0) is 0 Å². The fraction of sp³-hybridized carbons (Fsp3) is 0.667. The molecule has 5 heteroatoms. The first-order valence-corrected chi connectivity index (χ1v) is 8.74. The van der Waals surface area contributed by atoms with Crippen molar-refractivity contribution < 1.29 is 5.11 Å². The highest BCUT2D eigenvalue weighted by atomic mass is 16.3. The molecule has 3 rings (SSSR count).